The number of hydrogen-bond acceptors (Lipinski definition) is 5. The molecule has 7 heteroatoms. The fourth-order valence-corrected chi connectivity index (χ4v) is 3.36. The van der Waals surface area contributed by atoms with Gasteiger partial charge >= 0.3 is 0 Å². The second-order valence-electron chi connectivity index (χ2n) is 6.74. The summed E-state index contributed by atoms with van der Waals surface area (Å²) in [6.45, 7) is 2.80. The van der Waals surface area contributed by atoms with Gasteiger partial charge in [0, 0.05) is 20.1 Å². The summed E-state index contributed by atoms with van der Waals surface area (Å²) < 4.78 is 11.2. The van der Waals surface area contributed by atoms with Crippen LogP contribution in [-0.4, -0.2) is 73.7 Å². The van der Waals surface area contributed by atoms with Crippen molar-refractivity contribution in [3.63, 3.8) is 0 Å². The Balaban J connectivity index is 1.55. The molecule has 2 heterocycles. The summed E-state index contributed by atoms with van der Waals surface area (Å²) in [6.07, 6.45) is 1.12. The first-order chi connectivity index (χ1) is 12.0. The third-order valence-electron chi connectivity index (χ3n) is 4.79. The molecule has 1 aromatic carbocycles. The van der Waals surface area contributed by atoms with Gasteiger partial charge in [-0.25, -0.2) is 0 Å². The number of benzene rings is 1. The third-order valence-corrected chi connectivity index (χ3v) is 4.79. The Morgan fingerprint density at radius 1 is 1.32 bits per heavy atom. The highest BCUT2D eigenvalue weighted by atomic mass is 16.5. The third kappa shape index (κ3) is 4.11. The summed E-state index contributed by atoms with van der Waals surface area (Å²) >= 11 is 0. The highest BCUT2D eigenvalue weighted by Crippen LogP contribution is 2.29. The highest BCUT2D eigenvalue weighted by molar-refractivity contribution is 5.80. The quantitative estimate of drug-likeness (QED) is 0.812. The minimum absolute atomic E-state index is 0.00709. The zero-order valence-electron chi connectivity index (χ0n) is 14.6. The van der Waals surface area contributed by atoms with Crippen LogP contribution in [0.1, 0.15) is 12.0 Å². The van der Waals surface area contributed by atoms with Crippen molar-refractivity contribution in [2.24, 2.45) is 5.73 Å². The lowest BCUT2D eigenvalue weighted by molar-refractivity contribution is -0.159. The van der Waals surface area contributed by atoms with Gasteiger partial charge in [-0.15, -0.1) is 0 Å². The first-order valence-corrected chi connectivity index (χ1v) is 8.59. The number of morpholine rings is 1. The van der Waals surface area contributed by atoms with Crippen molar-refractivity contribution in [1.82, 2.24) is 9.80 Å². The topological polar surface area (TPSA) is 85.1 Å². The molecule has 1 atom stereocenters. The van der Waals surface area contributed by atoms with E-state index in [1.807, 2.05) is 29.2 Å². The van der Waals surface area contributed by atoms with Gasteiger partial charge in [-0.1, -0.05) is 12.1 Å². The fraction of sp³-hybridized carbons (Fsp3) is 0.556. The first kappa shape index (κ1) is 17.7. The summed E-state index contributed by atoms with van der Waals surface area (Å²) in [6, 6.07) is 7.52. The lowest BCUT2D eigenvalue weighted by atomic mass is 10.0. The van der Waals surface area contributed by atoms with Gasteiger partial charge in [0.2, 0.25) is 11.8 Å². The molecule has 0 saturated carbocycles. The van der Waals surface area contributed by atoms with Crippen molar-refractivity contribution in [2.45, 2.75) is 18.4 Å². The van der Waals surface area contributed by atoms with Gasteiger partial charge in [0.1, 0.15) is 24.6 Å². The Morgan fingerprint density at radius 2 is 2.08 bits per heavy atom. The van der Waals surface area contributed by atoms with Crippen molar-refractivity contribution in [2.75, 3.05) is 46.4 Å². The molecule has 0 aliphatic carbocycles. The Morgan fingerprint density at radius 3 is 2.76 bits per heavy atom. The van der Waals surface area contributed by atoms with Crippen molar-refractivity contribution in [3.05, 3.63) is 29.8 Å². The van der Waals surface area contributed by atoms with E-state index < -0.39 is 5.60 Å². The average molecular weight is 347 g/mol. The van der Waals surface area contributed by atoms with Crippen LogP contribution in [0.4, 0.5) is 0 Å². The number of nitrogens with zero attached hydrogens (tertiary/aromatic N) is 2. The number of rotatable bonds is 5. The summed E-state index contributed by atoms with van der Waals surface area (Å²) in [7, 11) is 1.78. The molecule has 2 N–H and O–H groups in total. The zero-order valence-corrected chi connectivity index (χ0v) is 14.6. The van der Waals surface area contributed by atoms with Gasteiger partial charge in [-0.2, -0.15) is 0 Å². The Hall–Kier alpha value is -2.12. The molecule has 2 saturated heterocycles. The number of likely N-dealkylation sites (N-methyl/N-ethyl adjacent to an activating group) is 1. The Labute approximate surface area is 147 Å². The SMILES string of the molecule is CN1C[C@@]2(CCN(C(=O)Cc3ccc(OCCN)cc3)C2)OCC1=O. The molecule has 136 valence electrons. The summed E-state index contributed by atoms with van der Waals surface area (Å²) in [5.74, 6) is 0.827. The summed E-state index contributed by atoms with van der Waals surface area (Å²) in [5, 5.41) is 0. The molecular formula is C18H25N3O4. The van der Waals surface area contributed by atoms with Crippen molar-refractivity contribution in [1.29, 1.82) is 0 Å². The van der Waals surface area contributed by atoms with E-state index in [0.717, 1.165) is 17.7 Å². The average Bonchev–Trinajstić information content (AvgIpc) is 3.02. The van der Waals surface area contributed by atoms with E-state index in [0.29, 0.717) is 39.2 Å². The van der Waals surface area contributed by atoms with Crippen LogP contribution in [0.3, 0.4) is 0 Å². The smallest absolute Gasteiger partial charge is 0.248 e. The maximum atomic E-state index is 12.6. The maximum absolute atomic E-state index is 12.6. The molecule has 2 fully saturated rings. The predicted octanol–water partition coefficient (Wildman–Crippen LogP) is 0.0263. The first-order valence-electron chi connectivity index (χ1n) is 8.59. The minimum atomic E-state index is -0.405. The molecule has 0 aromatic heterocycles. The van der Waals surface area contributed by atoms with Crippen LogP contribution in [-0.2, 0) is 20.7 Å². The number of ether oxygens (including phenoxy) is 2. The normalized spacial score (nSPS) is 23.4. The van der Waals surface area contributed by atoms with Crippen LogP contribution in [0.5, 0.6) is 5.75 Å². The van der Waals surface area contributed by atoms with Gasteiger partial charge in [0.25, 0.3) is 0 Å². The fourth-order valence-electron chi connectivity index (χ4n) is 3.36. The second-order valence-corrected chi connectivity index (χ2v) is 6.74. The number of carbonyl (C=O) groups excluding carboxylic acids is 2. The van der Waals surface area contributed by atoms with Crippen molar-refractivity contribution >= 4 is 11.8 Å². The van der Waals surface area contributed by atoms with Crippen LogP contribution in [0.15, 0.2) is 24.3 Å². The monoisotopic (exact) mass is 347 g/mol. The van der Waals surface area contributed by atoms with E-state index in [4.69, 9.17) is 15.2 Å². The number of amides is 2. The predicted molar refractivity (Wildman–Crippen MR) is 92.2 cm³/mol. The molecule has 25 heavy (non-hydrogen) atoms. The molecule has 0 bridgehead atoms. The molecule has 1 spiro atoms. The Bertz CT molecular complexity index is 634. The van der Waals surface area contributed by atoms with Crippen LogP contribution in [0.25, 0.3) is 0 Å². The van der Waals surface area contributed by atoms with E-state index in [1.54, 1.807) is 11.9 Å². The molecule has 0 unspecified atom stereocenters. The maximum Gasteiger partial charge on any atom is 0.248 e. The van der Waals surface area contributed by atoms with E-state index in [1.165, 1.54) is 0 Å². The number of carbonyl (C=O) groups is 2. The second kappa shape index (κ2) is 7.41. The van der Waals surface area contributed by atoms with Crippen LogP contribution < -0.4 is 10.5 Å². The van der Waals surface area contributed by atoms with Gasteiger partial charge in [0.15, 0.2) is 0 Å². The standard InChI is InChI=1S/C18H25N3O4/c1-20-12-18(25-11-17(20)23)6-8-21(13-18)16(22)10-14-2-4-15(5-3-14)24-9-7-19/h2-5H,6-13,19H2,1H3/t18-/m1/s1. The van der Waals surface area contributed by atoms with Crippen LogP contribution >= 0.6 is 0 Å². The van der Waals surface area contributed by atoms with Gasteiger partial charge in [-0.05, 0) is 24.1 Å². The molecule has 2 aliphatic heterocycles. The van der Waals surface area contributed by atoms with Crippen molar-refractivity contribution < 1.29 is 19.1 Å². The zero-order chi connectivity index (χ0) is 17.9. The Kier molecular flexibility index (Phi) is 5.24. The molecule has 3 rings (SSSR count). The molecule has 1 aromatic rings. The number of nitrogens with two attached hydrogens (primary N) is 1. The largest absolute Gasteiger partial charge is 0.492 e. The summed E-state index contributed by atoms with van der Waals surface area (Å²) in [5.41, 5.74) is 5.95. The van der Waals surface area contributed by atoms with Gasteiger partial charge in [-0.3, -0.25) is 9.59 Å². The van der Waals surface area contributed by atoms with Crippen LogP contribution in [0, 0.1) is 0 Å². The van der Waals surface area contributed by atoms with Crippen LogP contribution in [0.2, 0.25) is 0 Å². The van der Waals surface area contributed by atoms with E-state index in [2.05, 4.69) is 0 Å². The summed E-state index contributed by atoms with van der Waals surface area (Å²) in [4.78, 5) is 27.7. The number of hydrogen-bond donors (Lipinski definition) is 1. The van der Waals surface area contributed by atoms with Crippen molar-refractivity contribution in [3.8, 4) is 5.75 Å². The number of likely N-dealkylation sites (tertiary alicyclic amines) is 1. The van der Waals surface area contributed by atoms with E-state index in [9.17, 15) is 9.59 Å². The van der Waals surface area contributed by atoms with E-state index >= 15 is 0 Å². The molecule has 2 amide bonds. The molecule has 7 nitrogen and oxygen atoms in total. The molecular weight excluding hydrogens is 322 g/mol. The van der Waals surface area contributed by atoms with Gasteiger partial charge < -0.3 is 25.0 Å². The lowest BCUT2D eigenvalue weighted by Gasteiger charge is -2.38. The minimum Gasteiger partial charge on any atom is -0.492 e. The van der Waals surface area contributed by atoms with Gasteiger partial charge in [0.05, 0.1) is 19.5 Å². The highest BCUT2D eigenvalue weighted by Gasteiger charge is 2.45. The van der Waals surface area contributed by atoms with E-state index in [-0.39, 0.29) is 18.4 Å². The lowest BCUT2D eigenvalue weighted by Crippen LogP contribution is -2.54. The molecule has 0 radical (unpaired) electrons. The molecule has 2 aliphatic rings.